The first-order valence-corrected chi connectivity index (χ1v) is 7.10. The van der Waals surface area contributed by atoms with Crippen LogP contribution in [0.5, 0.6) is 0 Å². The van der Waals surface area contributed by atoms with Gasteiger partial charge in [-0.25, -0.2) is 9.97 Å². The molecular formula is C14H21N3O. The fourth-order valence-corrected chi connectivity index (χ4v) is 3.24. The van der Waals surface area contributed by atoms with Crippen molar-refractivity contribution in [1.29, 1.82) is 0 Å². The number of anilines is 1. The van der Waals surface area contributed by atoms with Crippen LogP contribution in [-0.4, -0.2) is 34.3 Å². The lowest BCUT2D eigenvalue weighted by Crippen LogP contribution is -2.38. The number of rotatable bonds is 2. The average Bonchev–Trinajstić information content (AvgIpc) is 2.76. The van der Waals surface area contributed by atoms with E-state index in [9.17, 15) is 5.11 Å². The van der Waals surface area contributed by atoms with Gasteiger partial charge in [0.15, 0.2) is 0 Å². The van der Waals surface area contributed by atoms with Crippen molar-refractivity contribution in [2.24, 2.45) is 0 Å². The molecule has 0 saturated carbocycles. The van der Waals surface area contributed by atoms with Crippen molar-refractivity contribution >= 4 is 5.82 Å². The fourth-order valence-electron chi connectivity index (χ4n) is 3.24. The van der Waals surface area contributed by atoms with Gasteiger partial charge in [-0.3, -0.25) is 0 Å². The van der Waals surface area contributed by atoms with Crippen LogP contribution in [0.15, 0.2) is 6.33 Å². The third-order valence-corrected chi connectivity index (χ3v) is 4.21. The average molecular weight is 247 g/mol. The van der Waals surface area contributed by atoms with Crippen LogP contribution in [-0.2, 0) is 12.8 Å². The molecule has 2 aliphatic rings. The van der Waals surface area contributed by atoms with Crippen molar-refractivity contribution < 1.29 is 5.11 Å². The van der Waals surface area contributed by atoms with Gasteiger partial charge in [-0.15, -0.1) is 0 Å². The molecule has 2 heterocycles. The minimum absolute atomic E-state index is 0.235. The van der Waals surface area contributed by atoms with Crippen LogP contribution in [0, 0.1) is 0 Å². The molecule has 0 aromatic carbocycles. The molecule has 98 valence electrons. The molecule has 0 spiro atoms. The molecule has 0 amide bonds. The van der Waals surface area contributed by atoms with Crippen molar-refractivity contribution in [1.82, 2.24) is 9.97 Å². The number of aromatic nitrogens is 2. The van der Waals surface area contributed by atoms with Gasteiger partial charge < -0.3 is 10.0 Å². The maximum atomic E-state index is 9.61. The van der Waals surface area contributed by atoms with Crippen LogP contribution in [0.4, 0.5) is 5.82 Å². The van der Waals surface area contributed by atoms with Crippen molar-refractivity contribution in [3.63, 3.8) is 0 Å². The van der Waals surface area contributed by atoms with Gasteiger partial charge >= 0.3 is 0 Å². The Morgan fingerprint density at radius 1 is 1.17 bits per heavy atom. The van der Waals surface area contributed by atoms with E-state index >= 15 is 0 Å². The molecule has 1 unspecified atom stereocenters. The highest BCUT2D eigenvalue weighted by Gasteiger charge is 2.26. The third-order valence-electron chi connectivity index (χ3n) is 4.21. The Bertz CT molecular complexity index is 422. The summed E-state index contributed by atoms with van der Waals surface area (Å²) < 4.78 is 0. The maximum absolute atomic E-state index is 9.61. The molecule has 0 bridgehead atoms. The lowest BCUT2D eigenvalue weighted by molar-refractivity contribution is 0.254. The summed E-state index contributed by atoms with van der Waals surface area (Å²) in [6.45, 7) is 1.26. The zero-order valence-electron chi connectivity index (χ0n) is 10.8. The second-order valence-electron chi connectivity index (χ2n) is 5.36. The Labute approximate surface area is 108 Å². The molecule has 0 radical (unpaired) electrons. The quantitative estimate of drug-likeness (QED) is 0.864. The van der Waals surface area contributed by atoms with Gasteiger partial charge in [0.1, 0.15) is 12.1 Å². The number of aliphatic hydroxyl groups excluding tert-OH is 1. The van der Waals surface area contributed by atoms with E-state index in [0.717, 1.165) is 31.6 Å². The molecule has 1 atom stereocenters. The summed E-state index contributed by atoms with van der Waals surface area (Å²) >= 11 is 0. The number of aryl methyl sites for hydroxylation is 1. The molecule has 1 N–H and O–H groups in total. The third kappa shape index (κ3) is 2.09. The number of hydrogen-bond donors (Lipinski definition) is 1. The van der Waals surface area contributed by atoms with Gasteiger partial charge in [0, 0.05) is 17.8 Å². The molecule has 3 rings (SSSR count). The largest absolute Gasteiger partial charge is 0.394 e. The van der Waals surface area contributed by atoms with Crippen LogP contribution >= 0.6 is 0 Å². The minimum Gasteiger partial charge on any atom is -0.394 e. The predicted molar refractivity (Wildman–Crippen MR) is 70.7 cm³/mol. The molecule has 1 aliphatic carbocycles. The van der Waals surface area contributed by atoms with Crippen LogP contribution in [0.1, 0.15) is 43.4 Å². The monoisotopic (exact) mass is 247 g/mol. The lowest BCUT2D eigenvalue weighted by atomic mass is 10.1. The summed E-state index contributed by atoms with van der Waals surface area (Å²) in [6.07, 6.45) is 9.83. The molecule has 1 aliphatic heterocycles. The Hall–Kier alpha value is -1.16. The molecular weight excluding hydrogens is 226 g/mol. The molecule has 18 heavy (non-hydrogen) atoms. The SMILES string of the molecule is OCC1CCCCCN1c1ncnc2c1CCC2. The highest BCUT2D eigenvalue weighted by molar-refractivity contribution is 5.51. The lowest BCUT2D eigenvalue weighted by Gasteiger charge is -2.31. The normalized spacial score (nSPS) is 23.8. The van der Waals surface area contributed by atoms with Gasteiger partial charge in [0.2, 0.25) is 0 Å². The predicted octanol–water partition coefficient (Wildman–Crippen LogP) is 1.71. The highest BCUT2D eigenvalue weighted by atomic mass is 16.3. The summed E-state index contributed by atoms with van der Waals surface area (Å²) in [5.74, 6) is 1.10. The zero-order valence-corrected chi connectivity index (χ0v) is 10.8. The van der Waals surface area contributed by atoms with Crippen LogP contribution < -0.4 is 4.90 Å². The highest BCUT2D eigenvalue weighted by Crippen LogP contribution is 2.31. The van der Waals surface area contributed by atoms with E-state index in [1.807, 2.05) is 0 Å². The van der Waals surface area contributed by atoms with Crippen LogP contribution in [0.3, 0.4) is 0 Å². The van der Waals surface area contributed by atoms with Gasteiger partial charge in [0.05, 0.1) is 12.6 Å². The number of fused-ring (bicyclic) bond motifs is 1. The maximum Gasteiger partial charge on any atom is 0.135 e. The fraction of sp³-hybridized carbons (Fsp3) is 0.714. The topological polar surface area (TPSA) is 49.2 Å². The van der Waals surface area contributed by atoms with Crippen molar-refractivity contribution in [3.05, 3.63) is 17.6 Å². The number of aliphatic hydroxyl groups is 1. The first-order chi connectivity index (χ1) is 8.90. The second-order valence-corrected chi connectivity index (χ2v) is 5.36. The van der Waals surface area contributed by atoms with Crippen molar-refractivity contribution in [2.45, 2.75) is 51.0 Å². The van der Waals surface area contributed by atoms with Crippen LogP contribution in [0.2, 0.25) is 0 Å². The van der Waals surface area contributed by atoms with Gasteiger partial charge in [0.25, 0.3) is 0 Å². The van der Waals surface area contributed by atoms with Gasteiger partial charge in [-0.2, -0.15) is 0 Å². The molecule has 1 aromatic heterocycles. The summed E-state index contributed by atoms with van der Waals surface area (Å²) in [5, 5.41) is 9.61. The molecule has 1 saturated heterocycles. The van der Waals surface area contributed by atoms with E-state index in [0.29, 0.717) is 0 Å². The Morgan fingerprint density at radius 2 is 2.11 bits per heavy atom. The summed E-state index contributed by atoms with van der Waals surface area (Å²) in [6, 6.07) is 0.243. The first-order valence-electron chi connectivity index (χ1n) is 7.10. The Balaban J connectivity index is 1.94. The zero-order chi connectivity index (χ0) is 12.4. The number of hydrogen-bond acceptors (Lipinski definition) is 4. The number of nitrogens with zero attached hydrogens (tertiary/aromatic N) is 3. The van der Waals surface area contributed by atoms with Crippen molar-refractivity contribution in [3.8, 4) is 0 Å². The van der Waals surface area contributed by atoms with Gasteiger partial charge in [-0.1, -0.05) is 12.8 Å². The van der Waals surface area contributed by atoms with Gasteiger partial charge in [-0.05, 0) is 32.1 Å². The molecule has 1 fully saturated rings. The van der Waals surface area contributed by atoms with E-state index < -0.39 is 0 Å². The van der Waals surface area contributed by atoms with E-state index in [-0.39, 0.29) is 12.6 Å². The standard InChI is InChI=1S/C14H21N3O/c18-9-11-5-2-1-3-8-17(11)14-12-6-4-7-13(12)15-10-16-14/h10-11,18H,1-9H2. The summed E-state index contributed by atoms with van der Waals surface area (Å²) in [4.78, 5) is 11.2. The first kappa shape index (κ1) is 11.9. The Kier molecular flexibility index (Phi) is 3.46. The van der Waals surface area contributed by atoms with E-state index in [1.54, 1.807) is 6.33 Å². The Morgan fingerprint density at radius 3 is 3.00 bits per heavy atom. The van der Waals surface area contributed by atoms with E-state index in [4.69, 9.17) is 0 Å². The van der Waals surface area contributed by atoms with Crippen LogP contribution in [0.25, 0.3) is 0 Å². The molecule has 4 nitrogen and oxygen atoms in total. The molecule has 1 aromatic rings. The van der Waals surface area contributed by atoms with E-state index in [2.05, 4.69) is 14.9 Å². The summed E-state index contributed by atoms with van der Waals surface area (Å²) in [7, 11) is 0. The second kappa shape index (κ2) is 5.22. The minimum atomic E-state index is 0.235. The van der Waals surface area contributed by atoms with E-state index in [1.165, 1.54) is 36.9 Å². The summed E-state index contributed by atoms with van der Waals surface area (Å²) in [5.41, 5.74) is 2.55. The smallest absolute Gasteiger partial charge is 0.135 e. The van der Waals surface area contributed by atoms with Crippen molar-refractivity contribution in [2.75, 3.05) is 18.1 Å². The molecule has 4 heteroatoms.